The summed E-state index contributed by atoms with van der Waals surface area (Å²) >= 11 is 0. The van der Waals surface area contributed by atoms with Gasteiger partial charge in [0.05, 0.1) is 6.54 Å². The number of amides is 2. The lowest BCUT2D eigenvalue weighted by atomic mass is 9.79. The summed E-state index contributed by atoms with van der Waals surface area (Å²) in [5.41, 5.74) is 2.34. The number of carboxylic acid groups (broad SMARTS) is 1. The van der Waals surface area contributed by atoms with Gasteiger partial charge in [-0.05, 0) is 47.9 Å². The molecule has 2 atom stereocenters. The van der Waals surface area contributed by atoms with Crippen LogP contribution in [0, 0.1) is 5.92 Å². The molecule has 2 unspecified atom stereocenters. The topological polar surface area (TPSA) is 125 Å². The predicted molar refractivity (Wildman–Crippen MR) is 121 cm³/mol. The van der Waals surface area contributed by atoms with E-state index in [9.17, 15) is 19.5 Å². The van der Waals surface area contributed by atoms with Crippen molar-refractivity contribution in [1.82, 2.24) is 10.6 Å². The lowest BCUT2D eigenvalue weighted by molar-refractivity contribution is -0.156. The number of carboxylic acids is 1. The van der Waals surface area contributed by atoms with E-state index in [1.54, 1.807) is 0 Å². The van der Waals surface area contributed by atoms with E-state index in [1.807, 2.05) is 36.4 Å². The first-order chi connectivity index (χ1) is 15.8. The molecule has 8 nitrogen and oxygen atoms in total. The van der Waals surface area contributed by atoms with E-state index in [-0.39, 0.29) is 18.4 Å². The summed E-state index contributed by atoms with van der Waals surface area (Å²) < 4.78 is 5.55. The van der Waals surface area contributed by atoms with Crippen molar-refractivity contribution in [1.29, 1.82) is 0 Å². The van der Waals surface area contributed by atoms with Crippen molar-refractivity contribution >= 4 is 18.0 Å². The van der Waals surface area contributed by atoms with Gasteiger partial charge in [-0.3, -0.25) is 4.79 Å². The minimum absolute atomic E-state index is 0.0553. The number of hydrogen-bond donors (Lipinski definition) is 4. The van der Waals surface area contributed by atoms with Gasteiger partial charge in [-0.25, -0.2) is 9.59 Å². The molecule has 0 aliphatic heterocycles. The highest BCUT2D eigenvalue weighted by Crippen LogP contribution is 2.44. The Morgan fingerprint density at radius 1 is 1.06 bits per heavy atom. The number of nitrogens with one attached hydrogen (secondary N) is 2. The van der Waals surface area contributed by atoms with E-state index in [4.69, 9.17) is 9.84 Å². The molecular formula is C25H28N2O6. The zero-order valence-electron chi connectivity index (χ0n) is 18.4. The van der Waals surface area contributed by atoms with Crippen molar-refractivity contribution in [3.05, 3.63) is 59.7 Å². The summed E-state index contributed by atoms with van der Waals surface area (Å²) in [5.74, 6) is -2.12. The number of rotatable bonds is 8. The molecule has 174 valence electrons. The van der Waals surface area contributed by atoms with Crippen LogP contribution in [0.2, 0.25) is 0 Å². The van der Waals surface area contributed by atoms with Gasteiger partial charge >= 0.3 is 12.1 Å². The summed E-state index contributed by atoms with van der Waals surface area (Å²) in [6.45, 7) is 0.774. The number of carbonyl (C=O) groups excluding carboxylic acids is 2. The summed E-state index contributed by atoms with van der Waals surface area (Å²) in [6, 6.07) is 15.2. The van der Waals surface area contributed by atoms with Crippen LogP contribution in [0.15, 0.2) is 48.5 Å². The lowest BCUT2D eigenvalue weighted by Crippen LogP contribution is -2.56. The number of fused-ring (bicyclic) bond motifs is 3. The van der Waals surface area contributed by atoms with E-state index < -0.39 is 36.2 Å². The van der Waals surface area contributed by atoms with Crippen LogP contribution in [-0.4, -0.2) is 53.0 Å². The third-order valence-electron chi connectivity index (χ3n) is 6.59. The molecule has 33 heavy (non-hydrogen) atoms. The maximum atomic E-state index is 12.7. The van der Waals surface area contributed by atoms with Crippen LogP contribution in [0.4, 0.5) is 4.79 Å². The minimum Gasteiger partial charge on any atom is -0.479 e. The number of carbonyl (C=O) groups is 3. The second kappa shape index (κ2) is 9.23. The lowest BCUT2D eigenvalue weighted by Gasteiger charge is -2.33. The van der Waals surface area contributed by atoms with Gasteiger partial charge in [0.2, 0.25) is 5.91 Å². The van der Waals surface area contributed by atoms with Gasteiger partial charge in [-0.15, -0.1) is 0 Å². The fourth-order valence-corrected chi connectivity index (χ4v) is 4.38. The summed E-state index contributed by atoms with van der Waals surface area (Å²) in [4.78, 5) is 36.4. The standard InChI is InChI=1S/C25H28N2O6/c1-25(32,23(29)30)14-26-22(28)21(15-7-6-8-15)27-24(31)33-13-20-18-11-4-2-9-16(18)17-10-3-5-12-19(17)20/h2-5,9-12,15,20-21,32H,6-8,13-14H2,1H3,(H,26,28)(H,27,31)(H,29,30). The first-order valence-corrected chi connectivity index (χ1v) is 11.1. The highest BCUT2D eigenvalue weighted by Gasteiger charge is 2.37. The maximum Gasteiger partial charge on any atom is 0.407 e. The average molecular weight is 453 g/mol. The monoisotopic (exact) mass is 452 g/mol. The molecule has 2 amide bonds. The zero-order valence-corrected chi connectivity index (χ0v) is 18.4. The molecule has 0 heterocycles. The average Bonchev–Trinajstić information content (AvgIpc) is 3.08. The normalized spacial score (nSPS) is 17.6. The number of hydrogen-bond acceptors (Lipinski definition) is 5. The van der Waals surface area contributed by atoms with Crippen LogP contribution in [0.1, 0.15) is 43.2 Å². The third-order valence-corrected chi connectivity index (χ3v) is 6.59. The molecule has 2 aliphatic carbocycles. The molecule has 2 aliphatic rings. The fraction of sp³-hybridized carbons (Fsp3) is 0.400. The quantitative estimate of drug-likeness (QED) is 0.488. The molecule has 0 aromatic heterocycles. The van der Waals surface area contributed by atoms with Crippen molar-refractivity contribution in [3.8, 4) is 11.1 Å². The highest BCUT2D eigenvalue weighted by atomic mass is 16.5. The molecule has 4 rings (SSSR count). The first-order valence-electron chi connectivity index (χ1n) is 11.1. The van der Waals surface area contributed by atoms with Crippen molar-refractivity contribution in [2.75, 3.05) is 13.2 Å². The zero-order chi connectivity index (χ0) is 23.6. The third kappa shape index (κ3) is 4.71. The van der Waals surface area contributed by atoms with Crippen LogP contribution in [0.25, 0.3) is 11.1 Å². The Morgan fingerprint density at radius 3 is 2.15 bits per heavy atom. The Morgan fingerprint density at radius 2 is 1.64 bits per heavy atom. The van der Waals surface area contributed by atoms with Gasteiger partial charge < -0.3 is 25.6 Å². The Kier molecular flexibility index (Phi) is 6.37. The number of alkyl carbamates (subject to hydrolysis) is 1. The molecule has 2 aromatic carbocycles. The van der Waals surface area contributed by atoms with Gasteiger partial charge in [0.1, 0.15) is 12.6 Å². The second-order valence-corrected chi connectivity index (χ2v) is 8.94. The van der Waals surface area contributed by atoms with Gasteiger partial charge in [-0.1, -0.05) is 55.0 Å². The number of ether oxygens (including phenoxy) is 1. The molecule has 1 fully saturated rings. The van der Waals surface area contributed by atoms with E-state index in [0.29, 0.717) is 0 Å². The van der Waals surface area contributed by atoms with Gasteiger partial charge in [-0.2, -0.15) is 0 Å². The molecule has 4 N–H and O–H groups in total. The van der Waals surface area contributed by atoms with Crippen LogP contribution >= 0.6 is 0 Å². The Labute approximate surface area is 192 Å². The van der Waals surface area contributed by atoms with E-state index in [2.05, 4.69) is 22.8 Å². The van der Waals surface area contributed by atoms with Gasteiger partial charge in [0.25, 0.3) is 0 Å². The molecule has 0 spiro atoms. The number of aliphatic hydroxyl groups is 1. The molecule has 2 aromatic rings. The maximum absolute atomic E-state index is 12.7. The minimum atomic E-state index is -2.09. The first kappa shape index (κ1) is 22.8. The molecule has 1 saturated carbocycles. The van der Waals surface area contributed by atoms with Crippen molar-refractivity contribution < 1.29 is 29.3 Å². The molecule has 0 bridgehead atoms. The largest absolute Gasteiger partial charge is 0.479 e. The van der Waals surface area contributed by atoms with E-state index >= 15 is 0 Å². The van der Waals surface area contributed by atoms with Crippen LogP contribution in [0.3, 0.4) is 0 Å². The fourth-order valence-electron chi connectivity index (χ4n) is 4.38. The van der Waals surface area contributed by atoms with Crippen LogP contribution in [-0.2, 0) is 14.3 Å². The number of aliphatic carboxylic acids is 1. The Bertz CT molecular complexity index is 1020. The van der Waals surface area contributed by atoms with Gasteiger partial charge in [0, 0.05) is 5.92 Å². The molecule has 0 radical (unpaired) electrons. The molecule has 0 saturated heterocycles. The van der Waals surface area contributed by atoms with Crippen molar-refractivity contribution in [3.63, 3.8) is 0 Å². The summed E-state index contributed by atoms with van der Waals surface area (Å²) in [6.07, 6.45) is 1.80. The van der Waals surface area contributed by atoms with Gasteiger partial charge in [0.15, 0.2) is 5.60 Å². The Hall–Kier alpha value is -3.39. The van der Waals surface area contributed by atoms with Crippen molar-refractivity contribution in [2.24, 2.45) is 5.92 Å². The summed E-state index contributed by atoms with van der Waals surface area (Å²) in [5, 5.41) is 24.0. The smallest absolute Gasteiger partial charge is 0.407 e. The van der Waals surface area contributed by atoms with Crippen LogP contribution < -0.4 is 10.6 Å². The second-order valence-electron chi connectivity index (χ2n) is 8.94. The van der Waals surface area contributed by atoms with Crippen LogP contribution in [0.5, 0.6) is 0 Å². The van der Waals surface area contributed by atoms with E-state index in [1.165, 1.54) is 0 Å². The van der Waals surface area contributed by atoms with E-state index in [0.717, 1.165) is 48.4 Å². The Balaban J connectivity index is 1.39. The predicted octanol–water partition coefficient (Wildman–Crippen LogP) is 2.65. The molecule has 8 heteroatoms. The highest BCUT2D eigenvalue weighted by molar-refractivity contribution is 5.87. The SMILES string of the molecule is CC(O)(CNC(=O)C(NC(=O)OCC1c2ccccc2-c2ccccc21)C1CCC1)C(=O)O. The number of benzene rings is 2. The molecular weight excluding hydrogens is 424 g/mol. The van der Waals surface area contributed by atoms with Crippen molar-refractivity contribution in [2.45, 2.75) is 43.7 Å². The summed E-state index contributed by atoms with van der Waals surface area (Å²) in [7, 11) is 0.